The highest BCUT2D eigenvalue weighted by molar-refractivity contribution is 6.06. The van der Waals surface area contributed by atoms with E-state index in [2.05, 4.69) is 5.32 Å². The normalized spacial score (nSPS) is 27.6. The van der Waals surface area contributed by atoms with Crippen LogP contribution in [0.4, 0.5) is 17.6 Å². The molecular weight excluding hydrogens is 386 g/mol. The number of carbonyl (C=O) groups is 2. The van der Waals surface area contributed by atoms with Gasteiger partial charge in [0.2, 0.25) is 0 Å². The zero-order valence-electron chi connectivity index (χ0n) is 16.1. The summed E-state index contributed by atoms with van der Waals surface area (Å²) in [6.07, 6.45) is -3.32. The molecule has 2 aliphatic carbocycles. The third-order valence-corrected chi connectivity index (χ3v) is 5.93. The van der Waals surface area contributed by atoms with E-state index in [1.54, 1.807) is 0 Å². The fourth-order valence-electron chi connectivity index (χ4n) is 4.82. The summed E-state index contributed by atoms with van der Waals surface area (Å²) < 4.78 is 55.0. The second kappa shape index (κ2) is 6.82. The van der Waals surface area contributed by atoms with E-state index in [9.17, 15) is 27.2 Å². The van der Waals surface area contributed by atoms with Gasteiger partial charge in [0, 0.05) is 41.3 Å². The number of carbonyl (C=O) groups excluding carboxylic acids is 2. The van der Waals surface area contributed by atoms with Crippen molar-refractivity contribution in [2.75, 3.05) is 0 Å². The molecular formula is C22H21F4NO2. The summed E-state index contributed by atoms with van der Waals surface area (Å²) in [5, 5.41) is 3.21. The van der Waals surface area contributed by atoms with Crippen molar-refractivity contribution >= 4 is 11.6 Å². The SMILES string of the molecule is CC1CC(=O)C2=C(C1)NC1=C(C(=O)CC(C)C1)C2c1ccc(F)cc1C(F)(F)F. The van der Waals surface area contributed by atoms with E-state index in [0.717, 1.165) is 12.1 Å². The highest BCUT2D eigenvalue weighted by Crippen LogP contribution is 2.49. The molecule has 3 aliphatic rings. The van der Waals surface area contributed by atoms with Crippen LogP contribution in [0.25, 0.3) is 0 Å². The maximum Gasteiger partial charge on any atom is 0.416 e. The molecule has 1 aliphatic heterocycles. The molecule has 1 N–H and O–H groups in total. The van der Waals surface area contributed by atoms with Crippen LogP contribution < -0.4 is 5.32 Å². The first-order chi connectivity index (χ1) is 13.6. The Morgan fingerprint density at radius 2 is 1.41 bits per heavy atom. The van der Waals surface area contributed by atoms with E-state index in [4.69, 9.17) is 0 Å². The first-order valence-electron chi connectivity index (χ1n) is 9.72. The summed E-state index contributed by atoms with van der Waals surface area (Å²) in [5.41, 5.74) is 0.268. The molecule has 0 saturated heterocycles. The second-order valence-electron chi connectivity index (χ2n) is 8.44. The molecule has 2 unspecified atom stereocenters. The van der Waals surface area contributed by atoms with E-state index in [1.165, 1.54) is 0 Å². The molecule has 7 heteroatoms. The van der Waals surface area contributed by atoms with Gasteiger partial charge in [-0.25, -0.2) is 4.39 Å². The number of hydrogen-bond donors (Lipinski definition) is 1. The fraction of sp³-hybridized carbons (Fsp3) is 0.455. The minimum absolute atomic E-state index is 0.0589. The van der Waals surface area contributed by atoms with Gasteiger partial charge in [0.1, 0.15) is 5.82 Å². The Kier molecular flexibility index (Phi) is 4.67. The van der Waals surface area contributed by atoms with Crippen molar-refractivity contribution in [2.24, 2.45) is 11.8 Å². The van der Waals surface area contributed by atoms with Gasteiger partial charge in [-0.3, -0.25) is 9.59 Å². The van der Waals surface area contributed by atoms with Crippen LogP contribution in [0.5, 0.6) is 0 Å². The summed E-state index contributed by atoms with van der Waals surface area (Å²) in [7, 11) is 0. The molecule has 0 bridgehead atoms. The second-order valence-corrected chi connectivity index (χ2v) is 8.44. The highest BCUT2D eigenvalue weighted by Gasteiger charge is 2.45. The van der Waals surface area contributed by atoms with Crippen LogP contribution in [0.3, 0.4) is 0 Å². The van der Waals surface area contributed by atoms with Crippen LogP contribution in [0.15, 0.2) is 40.7 Å². The Labute approximate surface area is 165 Å². The number of benzene rings is 1. The third kappa shape index (κ3) is 3.40. The van der Waals surface area contributed by atoms with Gasteiger partial charge in [0.05, 0.1) is 5.56 Å². The number of dihydropyridines is 1. The zero-order valence-corrected chi connectivity index (χ0v) is 16.1. The molecule has 154 valence electrons. The third-order valence-electron chi connectivity index (χ3n) is 5.93. The lowest BCUT2D eigenvalue weighted by molar-refractivity contribution is -0.138. The van der Waals surface area contributed by atoms with E-state index >= 15 is 0 Å². The lowest BCUT2D eigenvalue weighted by Crippen LogP contribution is -2.39. The molecule has 0 saturated carbocycles. The molecule has 2 atom stereocenters. The lowest BCUT2D eigenvalue weighted by Gasteiger charge is -2.40. The number of allylic oxidation sites excluding steroid dienone is 4. The molecule has 3 nitrogen and oxygen atoms in total. The predicted molar refractivity (Wildman–Crippen MR) is 98.1 cm³/mol. The summed E-state index contributed by atoms with van der Waals surface area (Å²) in [6, 6.07) is 2.47. The van der Waals surface area contributed by atoms with Gasteiger partial charge < -0.3 is 5.32 Å². The molecule has 0 fully saturated rings. The van der Waals surface area contributed by atoms with Gasteiger partial charge >= 0.3 is 6.18 Å². The van der Waals surface area contributed by atoms with Gasteiger partial charge in [-0.1, -0.05) is 19.9 Å². The molecule has 0 amide bonds. The van der Waals surface area contributed by atoms with Crippen LogP contribution in [-0.4, -0.2) is 11.6 Å². The van der Waals surface area contributed by atoms with Crippen LogP contribution in [0, 0.1) is 17.7 Å². The molecule has 0 spiro atoms. The Morgan fingerprint density at radius 3 is 1.90 bits per heavy atom. The Morgan fingerprint density at radius 1 is 0.897 bits per heavy atom. The number of ketones is 2. The monoisotopic (exact) mass is 407 g/mol. The molecule has 1 heterocycles. The van der Waals surface area contributed by atoms with Crippen molar-refractivity contribution in [2.45, 2.75) is 51.6 Å². The maximum atomic E-state index is 13.8. The van der Waals surface area contributed by atoms with Crippen molar-refractivity contribution in [1.29, 1.82) is 0 Å². The van der Waals surface area contributed by atoms with Crippen LogP contribution in [-0.2, 0) is 15.8 Å². The molecule has 0 aromatic heterocycles. The number of alkyl halides is 3. The molecule has 0 radical (unpaired) electrons. The maximum absolute atomic E-state index is 13.8. The number of Topliss-reactive ketones (excluding diaryl/α,β-unsaturated/α-hetero) is 2. The number of hydrogen-bond acceptors (Lipinski definition) is 3. The summed E-state index contributed by atoms with van der Waals surface area (Å²) in [5.74, 6) is -2.52. The molecule has 1 aromatic carbocycles. The Hall–Kier alpha value is -2.44. The van der Waals surface area contributed by atoms with Crippen LogP contribution in [0.1, 0.15) is 56.6 Å². The van der Waals surface area contributed by atoms with Crippen molar-refractivity contribution in [1.82, 2.24) is 5.32 Å². The topological polar surface area (TPSA) is 46.2 Å². The molecule has 29 heavy (non-hydrogen) atoms. The standard InChI is InChI=1S/C22H21F4NO2/c1-10-5-15-20(17(28)7-10)19(21-16(27-15)6-11(2)8-18(21)29)13-4-3-12(23)9-14(13)22(24,25)26/h3-4,9-11,19,27H,5-8H2,1-2H3. The van der Waals surface area contributed by atoms with Crippen molar-refractivity contribution in [3.05, 3.63) is 57.7 Å². The predicted octanol–water partition coefficient (Wildman–Crippen LogP) is 5.04. The summed E-state index contributed by atoms with van der Waals surface area (Å²) in [4.78, 5) is 25.8. The zero-order chi connectivity index (χ0) is 21.1. The van der Waals surface area contributed by atoms with Crippen LogP contribution in [0.2, 0.25) is 0 Å². The lowest BCUT2D eigenvalue weighted by atomic mass is 9.68. The molecule has 1 aromatic rings. The summed E-state index contributed by atoms with van der Waals surface area (Å²) in [6.45, 7) is 3.83. The van der Waals surface area contributed by atoms with Crippen molar-refractivity contribution in [3.8, 4) is 0 Å². The van der Waals surface area contributed by atoms with Gasteiger partial charge in [-0.05, 0) is 42.4 Å². The number of nitrogens with one attached hydrogen (secondary N) is 1. The van der Waals surface area contributed by atoms with Crippen LogP contribution >= 0.6 is 0 Å². The van der Waals surface area contributed by atoms with Crippen molar-refractivity contribution in [3.63, 3.8) is 0 Å². The first-order valence-corrected chi connectivity index (χ1v) is 9.72. The minimum atomic E-state index is -4.81. The molecule has 4 rings (SSSR count). The summed E-state index contributed by atoms with van der Waals surface area (Å²) >= 11 is 0. The van der Waals surface area contributed by atoms with Crippen molar-refractivity contribution < 1.29 is 27.2 Å². The smallest absolute Gasteiger partial charge is 0.362 e. The minimum Gasteiger partial charge on any atom is -0.362 e. The van der Waals surface area contributed by atoms with Gasteiger partial charge in [0.25, 0.3) is 0 Å². The van der Waals surface area contributed by atoms with E-state index in [0.29, 0.717) is 30.3 Å². The Balaban J connectivity index is 1.98. The number of rotatable bonds is 1. The highest BCUT2D eigenvalue weighted by atomic mass is 19.4. The van der Waals surface area contributed by atoms with E-state index in [1.807, 2.05) is 13.8 Å². The largest absolute Gasteiger partial charge is 0.416 e. The first kappa shape index (κ1) is 19.9. The average molecular weight is 407 g/mol. The Bertz CT molecular complexity index is 928. The van der Waals surface area contributed by atoms with E-state index in [-0.39, 0.29) is 53.0 Å². The van der Waals surface area contributed by atoms with E-state index < -0.39 is 23.5 Å². The van der Waals surface area contributed by atoms with Gasteiger partial charge in [-0.2, -0.15) is 13.2 Å². The van der Waals surface area contributed by atoms with Gasteiger partial charge in [-0.15, -0.1) is 0 Å². The van der Waals surface area contributed by atoms with Gasteiger partial charge in [0.15, 0.2) is 11.6 Å². The quantitative estimate of drug-likeness (QED) is 0.664. The average Bonchev–Trinajstić information content (AvgIpc) is 2.58. The number of halogens is 4. The fourth-order valence-corrected chi connectivity index (χ4v) is 4.82.